The van der Waals surface area contributed by atoms with E-state index in [9.17, 15) is 9.59 Å². The fraction of sp³-hybridized carbons (Fsp3) is 0.375. The predicted molar refractivity (Wildman–Crippen MR) is 128 cm³/mol. The van der Waals surface area contributed by atoms with Crippen molar-refractivity contribution in [2.45, 2.75) is 47.0 Å². The highest BCUT2D eigenvalue weighted by Crippen LogP contribution is 2.32. The van der Waals surface area contributed by atoms with Gasteiger partial charge in [-0.3, -0.25) is 9.69 Å². The number of carbonyl (C=O) groups excluding carboxylic acids is 2. The number of nitrogens with zero attached hydrogens (tertiary/aromatic N) is 4. The molecule has 4 aromatic rings. The van der Waals surface area contributed by atoms with Gasteiger partial charge in [0.2, 0.25) is 0 Å². The largest absolute Gasteiger partial charge is 0.463 e. The van der Waals surface area contributed by atoms with Crippen LogP contribution in [0.15, 0.2) is 33.4 Å². The number of hydrogen-bond donors (Lipinski definition) is 0. The van der Waals surface area contributed by atoms with E-state index >= 15 is 0 Å². The lowest BCUT2D eigenvalue weighted by atomic mass is 10.1. The highest BCUT2D eigenvalue weighted by Gasteiger charge is 2.28. The summed E-state index contributed by atoms with van der Waals surface area (Å²) in [5.41, 5.74) is 2.20. The number of amides is 1. The molecule has 0 aliphatic rings. The molecule has 1 amide bonds. The average molecular weight is 483 g/mol. The van der Waals surface area contributed by atoms with Crippen LogP contribution in [0.5, 0.6) is 0 Å². The van der Waals surface area contributed by atoms with Crippen LogP contribution in [0.25, 0.3) is 22.6 Å². The van der Waals surface area contributed by atoms with Gasteiger partial charge in [-0.05, 0) is 45.4 Å². The second-order valence-corrected chi connectivity index (χ2v) is 8.75. The van der Waals surface area contributed by atoms with Gasteiger partial charge in [-0.2, -0.15) is 0 Å². The van der Waals surface area contributed by atoms with Crippen LogP contribution in [0.1, 0.15) is 64.5 Å². The number of esters is 1. The predicted octanol–water partition coefficient (Wildman–Crippen LogP) is 5.57. The Morgan fingerprint density at radius 2 is 1.97 bits per heavy atom. The third-order valence-electron chi connectivity index (χ3n) is 5.33. The Balaban J connectivity index is 1.80. The molecule has 4 heterocycles. The molecule has 178 valence electrons. The van der Waals surface area contributed by atoms with Gasteiger partial charge in [0.25, 0.3) is 11.6 Å². The van der Waals surface area contributed by atoms with Gasteiger partial charge in [-0.15, -0.1) is 0 Å². The highest BCUT2D eigenvalue weighted by molar-refractivity contribution is 7.17. The second-order valence-electron chi connectivity index (χ2n) is 7.78. The molecule has 0 saturated heterocycles. The number of aryl methyl sites for hydroxylation is 2. The molecule has 0 unspecified atom stereocenters. The number of ether oxygens (including phenoxy) is 1. The van der Waals surface area contributed by atoms with E-state index in [2.05, 4.69) is 22.0 Å². The van der Waals surface area contributed by atoms with Crippen LogP contribution in [0, 0.1) is 13.8 Å². The molecule has 0 aliphatic heterocycles. The topological polar surface area (TPSA) is 112 Å². The van der Waals surface area contributed by atoms with Crippen molar-refractivity contribution >= 4 is 39.4 Å². The third-order valence-corrected chi connectivity index (χ3v) is 6.49. The molecule has 0 bridgehead atoms. The summed E-state index contributed by atoms with van der Waals surface area (Å²) in [5, 5.41) is 5.00. The van der Waals surface area contributed by atoms with E-state index in [0.29, 0.717) is 50.3 Å². The van der Waals surface area contributed by atoms with Gasteiger partial charge in [-0.25, -0.2) is 14.8 Å². The van der Waals surface area contributed by atoms with E-state index in [4.69, 9.17) is 13.7 Å². The van der Waals surface area contributed by atoms with Gasteiger partial charge in [0.1, 0.15) is 10.6 Å². The number of fused-ring (bicyclic) bond motifs is 1. The van der Waals surface area contributed by atoms with E-state index in [1.807, 2.05) is 0 Å². The van der Waals surface area contributed by atoms with Crippen molar-refractivity contribution in [1.82, 2.24) is 15.1 Å². The molecule has 0 N–H and O–H groups in total. The molecule has 0 fully saturated rings. The molecule has 4 rings (SSSR count). The quantitative estimate of drug-likeness (QED) is 0.225. The molecule has 9 nitrogen and oxygen atoms in total. The van der Waals surface area contributed by atoms with Gasteiger partial charge < -0.3 is 13.7 Å². The Morgan fingerprint density at radius 3 is 2.68 bits per heavy atom. The van der Waals surface area contributed by atoms with E-state index in [1.165, 1.54) is 0 Å². The van der Waals surface area contributed by atoms with Crippen LogP contribution in [-0.4, -0.2) is 40.2 Å². The summed E-state index contributed by atoms with van der Waals surface area (Å²) in [4.78, 5) is 37.4. The second kappa shape index (κ2) is 10.2. The molecule has 0 spiro atoms. The number of unbranched alkanes of at least 4 members (excludes halogenated alkanes) is 2. The van der Waals surface area contributed by atoms with E-state index in [-0.39, 0.29) is 18.2 Å². The molecular formula is C24H26N4O5S. The van der Waals surface area contributed by atoms with Crippen molar-refractivity contribution in [1.29, 1.82) is 0 Å². The standard InChI is InChI=1S/C24H26N4O5S/c1-5-7-8-11-28(24-25-15(4)20(34-24)23(30)31-6-2)22(29)16-13-17(18-10-9-12-32-18)26-21-19(16)14(3)27-33-21/h9-10,12-13H,5-8,11H2,1-4H3. The molecule has 0 radical (unpaired) electrons. The van der Waals surface area contributed by atoms with Crippen LogP contribution in [0.2, 0.25) is 0 Å². The summed E-state index contributed by atoms with van der Waals surface area (Å²) in [5.74, 6) is -0.199. The lowest BCUT2D eigenvalue weighted by Gasteiger charge is -2.20. The fourth-order valence-electron chi connectivity index (χ4n) is 3.65. The minimum Gasteiger partial charge on any atom is -0.463 e. The molecule has 0 aromatic carbocycles. The van der Waals surface area contributed by atoms with Crippen LogP contribution in [0.4, 0.5) is 5.13 Å². The van der Waals surface area contributed by atoms with Gasteiger partial charge in [0, 0.05) is 6.54 Å². The van der Waals surface area contributed by atoms with E-state index < -0.39 is 5.97 Å². The van der Waals surface area contributed by atoms with Crippen molar-refractivity contribution < 1.29 is 23.3 Å². The normalized spacial score (nSPS) is 11.2. The van der Waals surface area contributed by atoms with Gasteiger partial charge in [-0.1, -0.05) is 36.3 Å². The van der Waals surface area contributed by atoms with Gasteiger partial charge in [0.05, 0.1) is 35.2 Å². The summed E-state index contributed by atoms with van der Waals surface area (Å²) in [7, 11) is 0. The zero-order valence-electron chi connectivity index (χ0n) is 19.6. The SMILES string of the molecule is CCCCCN(C(=O)c1cc(-c2ccco2)nc2onc(C)c12)c1nc(C)c(C(=O)OCC)s1. The summed E-state index contributed by atoms with van der Waals surface area (Å²) < 4.78 is 16.0. The van der Waals surface area contributed by atoms with Gasteiger partial charge >= 0.3 is 5.97 Å². The number of carbonyl (C=O) groups is 2. The minimum absolute atomic E-state index is 0.255. The number of hydrogen-bond acceptors (Lipinski definition) is 9. The first-order valence-corrected chi connectivity index (χ1v) is 12.0. The average Bonchev–Trinajstić information content (AvgIpc) is 3.57. The number of rotatable bonds is 9. The Kier molecular flexibility index (Phi) is 7.06. The lowest BCUT2D eigenvalue weighted by molar-refractivity contribution is 0.0531. The fourth-order valence-corrected chi connectivity index (χ4v) is 4.63. The Morgan fingerprint density at radius 1 is 1.15 bits per heavy atom. The van der Waals surface area contributed by atoms with Crippen molar-refractivity contribution in [3.63, 3.8) is 0 Å². The van der Waals surface area contributed by atoms with Crippen molar-refractivity contribution in [3.05, 3.63) is 46.3 Å². The number of pyridine rings is 1. The summed E-state index contributed by atoms with van der Waals surface area (Å²) in [6, 6.07) is 5.20. The maximum absolute atomic E-state index is 14.0. The van der Waals surface area contributed by atoms with Crippen LogP contribution >= 0.6 is 11.3 Å². The van der Waals surface area contributed by atoms with Crippen LogP contribution < -0.4 is 4.90 Å². The molecule has 34 heavy (non-hydrogen) atoms. The summed E-state index contributed by atoms with van der Waals surface area (Å²) in [6.45, 7) is 8.08. The minimum atomic E-state index is -0.439. The Hall–Kier alpha value is -3.53. The molecular weight excluding hydrogens is 456 g/mol. The number of anilines is 1. The summed E-state index contributed by atoms with van der Waals surface area (Å²) >= 11 is 1.16. The maximum atomic E-state index is 14.0. The van der Waals surface area contributed by atoms with Crippen molar-refractivity contribution in [2.24, 2.45) is 0 Å². The summed E-state index contributed by atoms with van der Waals surface area (Å²) in [6.07, 6.45) is 4.28. The lowest BCUT2D eigenvalue weighted by Crippen LogP contribution is -2.32. The Bertz CT molecular complexity index is 1310. The maximum Gasteiger partial charge on any atom is 0.350 e. The zero-order valence-corrected chi connectivity index (χ0v) is 20.4. The molecule has 0 aliphatic carbocycles. The molecule has 0 atom stereocenters. The smallest absolute Gasteiger partial charge is 0.350 e. The van der Waals surface area contributed by atoms with Crippen molar-refractivity contribution in [3.8, 4) is 11.5 Å². The first-order valence-electron chi connectivity index (χ1n) is 11.2. The monoisotopic (exact) mass is 482 g/mol. The van der Waals surface area contributed by atoms with E-state index in [0.717, 1.165) is 30.6 Å². The number of thiazole rings is 1. The molecule has 4 aromatic heterocycles. The van der Waals surface area contributed by atoms with Crippen LogP contribution in [-0.2, 0) is 4.74 Å². The third kappa shape index (κ3) is 4.58. The van der Waals surface area contributed by atoms with E-state index in [1.54, 1.807) is 50.1 Å². The first-order chi connectivity index (χ1) is 16.4. The number of aromatic nitrogens is 3. The van der Waals surface area contributed by atoms with Crippen LogP contribution in [0.3, 0.4) is 0 Å². The van der Waals surface area contributed by atoms with Gasteiger partial charge in [0.15, 0.2) is 10.9 Å². The van der Waals surface area contributed by atoms with Crippen molar-refractivity contribution in [2.75, 3.05) is 18.1 Å². The first kappa shape index (κ1) is 23.6. The molecule has 0 saturated carbocycles. The molecule has 10 heteroatoms. The Labute approximate surface area is 200 Å². The zero-order chi connectivity index (χ0) is 24.2. The number of furan rings is 1. The highest BCUT2D eigenvalue weighted by atomic mass is 32.1.